The van der Waals surface area contributed by atoms with Crippen LogP contribution in [0.3, 0.4) is 0 Å². The number of hydrogen-bond donors (Lipinski definition) is 1. The summed E-state index contributed by atoms with van der Waals surface area (Å²) in [6.07, 6.45) is 8.42. The van der Waals surface area contributed by atoms with Gasteiger partial charge in [0, 0.05) is 37.2 Å². The van der Waals surface area contributed by atoms with Crippen LogP contribution >= 0.6 is 0 Å². The van der Waals surface area contributed by atoms with Crippen molar-refractivity contribution >= 4 is 5.69 Å². The molecule has 2 rings (SSSR count). The summed E-state index contributed by atoms with van der Waals surface area (Å²) in [5, 5.41) is 0. The van der Waals surface area contributed by atoms with Crippen LogP contribution in [0.25, 0.3) is 0 Å². The Morgan fingerprint density at radius 3 is 2.40 bits per heavy atom. The summed E-state index contributed by atoms with van der Waals surface area (Å²) in [4.78, 5) is 6.39. The van der Waals surface area contributed by atoms with Crippen molar-refractivity contribution in [3.63, 3.8) is 0 Å². The molecule has 0 aliphatic heterocycles. The molecule has 1 saturated carbocycles. The van der Waals surface area contributed by atoms with Gasteiger partial charge in [-0.2, -0.15) is 0 Å². The smallest absolute Gasteiger partial charge is 0.0396 e. The molecule has 2 N–H and O–H groups in total. The zero-order chi connectivity index (χ0) is 10.7. The van der Waals surface area contributed by atoms with Crippen LogP contribution in [0.4, 0.5) is 5.69 Å². The van der Waals surface area contributed by atoms with E-state index in [1.165, 1.54) is 18.5 Å². The standard InChI is InChI=1S/C12H19N3/c1-15(12-6-8-14-9-7-12)11-4-2-10(13)3-5-11/h6-11H,2-5,13H2,1H3. The Morgan fingerprint density at radius 2 is 1.80 bits per heavy atom. The summed E-state index contributed by atoms with van der Waals surface area (Å²) in [5.74, 6) is 0. The molecular formula is C12H19N3. The van der Waals surface area contributed by atoms with Crippen molar-refractivity contribution < 1.29 is 0 Å². The largest absolute Gasteiger partial charge is 0.372 e. The lowest BCUT2D eigenvalue weighted by Gasteiger charge is -2.34. The van der Waals surface area contributed by atoms with Crippen LogP contribution in [0.15, 0.2) is 24.5 Å². The predicted octanol–water partition coefficient (Wildman–Crippen LogP) is 1.79. The van der Waals surface area contributed by atoms with Gasteiger partial charge in [-0.15, -0.1) is 0 Å². The summed E-state index contributed by atoms with van der Waals surface area (Å²) in [6.45, 7) is 0. The van der Waals surface area contributed by atoms with Crippen molar-refractivity contribution in [3.05, 3.63) is 24.5 Å². The molecule has 0 radical (unpaired) electrons. The molecule has 1 aromatic rings. The predicted molar refractivity (Wildman–Crippen MR) is 62.9 cm³/mol. The van der Waals surface area contributed by atoms with E-state index in [0.29, 0.717) is 12.1 Å². The van der Waals surface area contributed by atoms with Gasteiger partial charge >= 0.3 is 0 Å². The molecule has 3 nitrogen and oxygen atoms in total. The fourth-order valence-electron chi connectivity index (χ4n) is 2.28. The molecule has 0 amide bonds. The van der Waals surface area contributed by atoms with Crippen LogP contribution in [-0.4, -0.2) is 24.1 Å². The van der Waals surface area contributed by atoms with E-state index in [-0.39, 0.29) is 0 Å². The van der Waals surface area contributed by atoms with Crippen molar-refractivity contribution in [2.45, 2.75) is 37.8 Å². The molecule has 82 valence electrons. The molecule has 15 heavy (non-hydrogen) atoms. The Bertz CT molecular complexity index is 291. The summed E-state index contributed by atoms with van der Waals surface area (Å²) < 4.78 is 0. The third kappa shape index (κ3) is 2.48. The second-order valence-corrected chi connectivity index (χ2v) is 4.38. The number of hydrogen-bond acceptors (Lipinski definition) is 3. The van der Waals surface area contributed by atoms with Crippen molar-refractivity contribution in [1.82, 2.24) is 4.98 Å². The zero-order valence-corrected chi connectivity index (χ0v) is 9.26. The highest BCUT2D eigenvalue weighted by molar-refractivity contribution is 5.44. The number of anilines is 1. The zero-order valence-electron chi connectivity index (χ0n) is 9.26. The van der Waals surface area contributed by atoms with E-state index in [0.717, 1.165) is 12.8 Å². The first-order chi connectivity index (χ1) is 7.27. The monoisotopic (exact) mass is 205 g/mol. The highest BCUT2D eigenvalue weighted by atomic mass is 15.1. The third-order valence-electron chi connectivity index (χ3n) is 3.36. The van der Waals surface area contributed by atoms with E-state index >= 15 is 0 Å². The highest BCUT2D eigenvalue weighted by Crippen LogP contribution is 2.24. The van der Waals surface area contributed by atoms with Gasteiger partial charge in [-0.1, -0.05) is 0 Å². The molecule has 0 bridgehead atoms. The molecule has 1 heterocycles. The Balaban J connectivity index is 1.99. The van der Waals surface area contributed by atoms with Crippen LogP contribution in [0, 0.1) is 0 Å². The Labute approximate surface area is 91.3 Å². The van der Waals surface area contributed by atoms with Crippen LogP contribution in [0.5, 0.6) is 0 Å². The minimum atomic E-state index is 0.423. The molecule has 0 atom stereocenters. The summed E-state index contributed by atoms with van der Waals surface area (Å²) in [7, 11) is 2.16. The lowest BCUT2D eigenvalue weighted by atomic mass is 9.91. The topological polar surface area (TPSA) is 42.2 Å². The van der Waals surface area contributed by atoms with Gasteiger partial charge in [-0.05, 0) is 37.8 Å². The van der Waals surface area contributed by atoms with Gasteiger partial charge in [0.15, 0.2) is 0 Å². The average molecular weight is 205 g/mol. The number of aromatic nitrogens is 1. The van der Waals surface area contributed by atoms with Crippen LogP contribution in [0.2, 0.25) is 0 Å². The maximum Gasteiger partial charge on any atom is 0.0396 e. The van der Waals surface area contributed by atoms with E-state index in [1.54, 1.807) is 0 Å². The van der Waals surface area contributed by atoms with Gasteiger partial charge in [0.05, 0.1) is 0 Å². The third-order valence-corrected chi connectivity index (χ3v) is 3.36. The maximum atomic E-state index is 5.91. The summed E-state index contributed by atoms with van der Waals surface area (Å²) >= 11 is 0. The number of pyridine rings is 1. The normalized spacial score (nSPS) is 26.3. The van der Waals surface area contributed by atoms with Crippen LogP contribution in [-0.2, 0) is 0 Å². The fraction of sp³-hybridized carbons (Fsp3) is 0.583. The quantitative estimate of drug-likeness (QED) is 0.800. The van der Waals surface area contributed by atoms with E-state index in [4.69, 9.17) is 5.73 Å². The molecule has 0 unspecified atom stereocenters. The molecular weight excluding hydrogens is 186 g/mol. The molecule has 0 spiro atoms. The summed E-state index contributed by atoms with van der Waals surface area (Å²) in [5.41, 5.74) is 7.16. The van der Waals surface area contributed by atoms with Crippen molar-refractivity contribution in [1.29, 1.82) is 0 Å². The van der Waals surface area contributed by atoms with E-state index in [9.17, 15) is 0 Å². The molecule has 0 aromatic carbocycles. The molecule has 1 fully saturated rings. The second kappa shape index (κ2) is 4.62. The van der Waals surface area contributed by atoms with Gasteiger partial charge in [0.2, 0.25) is 0 Å². The van der Waals surface area contributed by atoms with Crippen LogP contribution < -0.4 is 10.6 Å². The van der Waals surface area contributed by atoms with Crippen molar-refractivity contribution in [2.24, 2.45) is 5.73 Å². The first-order valence-electron chi connectivity index (χ1n) is 5.66. The number of rotatable bonds is 2. The van der Waals surface area contributed by atoms with E-state index in [1.807, 2.05) is 12.4 Å². The van der Waals surface area contributed by atoms with Crippen molar-refractivity contribution in [2.75, 3.05) is 11.9 Å². The molecule has 3 heteroatoms. The number of nitrogens with zero attached hydrogens (tertiary/aromatic N) is 2. The lowest BCUT2D eigenvalue weighted by Crippen LogP contribution is -2.38. The minimum Gasteiger partial charge on any atom is -0.372 e. The lowest BCUT2D eigenvalue weighted by molar-refractivity contribution is 0.385. The molecule has 1 aliphatic carbocycles. The summed E-state index contributed by atoms with van der Waals surface area (Å²) in [6, 6.07) is 5.20. The van der Waals surface area contributed by atoms with E-state index in [2.05, 4.69) is 29.1 Å². The first-order valence-corrected chi connectivity index (χ1v) is 5.66. The maximum absolute atomic E-state index is 5.91. The Kier molecular flexibility index (Phi) is 3.21. The second-order valence-electron chi connectivity index (χ2n) is 4.38. The van der Waals surface area contributed by atoms with Crippen molar-refractivity contribution in [3.8, 4) is 0 Å². The SMILES string of the molecule is CN(c1ccncc1)C1CCC(N)CC1. The Hall–Kier alpha value is -1.09. The Morgan fingerprint density at radius 1 is 1.20 bits per heavy atom. The molecule has 0 saturated heterocycles. The van der Waals surface area contributed by atoms with Crippen LogP contribution in [0.1, 0.15) is 25.7 Å². The molecule has 1 aliphatic rings. The fourth-order valence-corrected chi connectivity index (χ4v) is 2.28. The van der Waals surface area contributed by atoms with Gasteiger partial charge in [-0.3, -0.25) is 4.98 Å². The average Bonchev–Trinajstić information content (AvgIpc) is 2.30. The van der Waals surface area contributed by atoms with Gasteiger partial charge < -0.3 is 10.6 Å². The van der Waals surface area contributed by atoms with E-state index < -0.39 is 0 Å². The first kappa shape index (κ1) is 10.4. The number of nitrogens with two attached hydrogens (primary N) is 1. The van der Waals surface area contributed by atoms with Gasteiger partial charge in [0.1, 0.15) is 0 Å². The van der Waals surface area contributed by atoms with Gasteiger partial charge in [-0.25, -0.2) is 0 Å². The minimum absolute atomic E-state index is 0.423. The van der Waals surface area contributed by atoms with Gasteiger partial charge in [0.25, 0.3) is 0 Å². The highest BCUT2D eigenvalue weighted by Gasteiger charge is 2.21. The molecule has 1 aromatic heterocycles.